The van der Waals surface area contributed by atoms with Crippen molar-refractivity contribution in [3.63, 3.8) is 0 Å². The highest BCUT2D eigenvalue weighted by Gasteiger charge is 2.22. The van der Waals surface area contributed by atoms with Crippen LogP contribution >= 0.6 is 11.3 Å². The maximum atomic E-state index is 12.4. The molecule has 2 aromatic rings. The largest absolute Gasteiger partial charge is 0.339 e. The molecule has 1 amide bonds. The molecule has 0 radical (unpaired) electrons. The lowest BCUT2D eigenvalue weighted by Gasteiger charge is -2.35. The lowest BCUT2D eigenvalue weighted by molar-refractivity contribution is -0.131. The Bertz CT molecular complexity index is 776. The second kappa shape index (κ2) is 8.77. The summed E-state index contributed by atoms with van der Waals surface area (Å²) in [5.74, 6) is 0.823. The number of hydrogen-bond donors (Lipinski definition) is 0. The first-order chi connectivity index (χ1) is 12.7. The van der Waals surface area contributed by atoms with Crippen LogP contribution in [0.4, 0.5) is 5.95 Å². The molecule has 1 aliphatic rings. The molecule has 7 heteroatoms. The van der Waals surface area contributed by atoms with Crippen molar-refractivity contribution in [3.8, 4) is 6.07 Å². The fourth-order valence-corrected chi connectivity index (χ4v) is 3.85. The minimum absolute atomic E-state index is 0.235. The predicted molar refractivity (Wildman–Crippen MR) is 102 cm³/mol. The average molecular weight is 369 g/mol. The van der Waals surface area contributed by atoms with Gasteiger partial charge >= 0.3 is 0 Å². The molecule has 26 heavy (non-hydrogen) atoms. The zero-order chi connectivity index (χ0) is 18.4. The number of rotatable bonds is 6. The Balaban J connectivity index is 1.43. The number of piperazine rings is 1. The Morgan fingerprint density at radius 1 is 1.27 bits per heavy atom. The normalized spacial score (nSPS) is 14.3. The standard InChI is InChI=1S/C19H23N5OS/c1-15-13-16(14-20)22-19(21-15)24-10-8-23(9-11-24)18(25)7-3-2-5-17-6-4-12-26-17/h4,6,12-13H,2-3,5,7-11H2,1H3. The van der Waals surface area contributed by atoms with Crippen LogP contribution in [0.2, 0.25) is 0 Å². The van der Waals surface area contributed by atoms with Gasteiger partial charge in [-0.25, -0.2) is 9.97 Å². The lowest BCUT2D eigenvalue weighted by Crippen LogP contribution is -2.49. The van der Waals surface area contributed by atoms with E-state index in [0.717, 1.165) is 25.0 Å². The van der Waals surface area contributed by atoms with Crippen molar-refractivity contribution < 1.29 is 4.79 Å². The van der Waals surface area contributed by atoms with Crippen molar-refractivity contribution in [1.82, 2.24) is 14.9 Å². The first-order valence-electron chi connectivity index (χ1n) is 8.96. The number of hydrogen-bond acceptors (Lipinski definition) is 6. The molecule has 2 aromatic heterocycles. The van der Waals surface area contributed by atoms with Crippen LogP contribution in [0.15, 0.2) is 23.6 Å². The van der Waals surface area contributed by atoms with E-state index in [1.165, 1.54) is 4.88 Å². The molecule has 1 aliphatic heterocycles. The van der Waals surface area contributed by atoms with Gasteiger partial charge in [-0.3, -0.25) is 4.79 Å². The van der Waals surface area contributed by atoms with Gasteiger partial charge in [-0.1, -0.05) is 6.07 Å². The summed E-state index contributed by atoms with van der Waals surface area (Å²) in [5.41, 5.74) is 1.17. The van der Waals surface area contributed by atoms with Crippen LogP contribution in [-0.2, 0) is 11.2 Å². The molecule has 0 aromatic carbocycles. The minimum Gasteiger partial charge on any atom is -0.339 e. The monoisotopic (exact) mass is 369 g/mol. The molecule has 3 heterocycles. The number of carbonyl (C=O) groups is 1. The van der Waals surface area contributed by atoms with Crippen molar-refractivity contribution in [2.45, 2.75) is 32.6 Å². The first kappa shape index (κ1) is 18.3. The Labute approximate surface area is 158 Å². The van der Waals surface area contributed by atoms with Crippen LogP contribution < -0.4 is 4.90 Å². The third kappa shape index (κ3) is 4.79. The highest BCUT2D eigenvalue weighted by Crippen LogP contribution is 2.15. The second-order valence-electron chi connectivity index (χ2n) is 6.46. The van der Waals surface area contributed by atoms with E-state index in [9.17, 15) is 4.79 Å². The van der Waals surface area contributed by atoms with Crippen molar-refractivity contribution >= 4 is 23.2 Å². The van der Waals surface area contributed by atoms with E-state index in [1.54, 1.807) is 17.4 Å². The van der Waals surface area contributed by atoms with E-state index in [2.05, 4.69) is 38.4 Å². The molecule has 136 valence electrons. The van der Waals surface area contributed by atoms with Crippen molar-refractivity contribution in [1.29, 1.82) is 5.26 Å². The van der Waals surface area contributed by atoms with Crippen LogP contribution in [0.5, 0.6) is 0 Å². The third-order valence-corrected chi connectivity index (χ3v) is 5.45. The number of aryl methyl sites for hydroxylation is 2. The number of nitrogens with zero attached hydrogens (tertiary/aromatic N) is 5. The van der Waals surface area contributed by atoms with Gasteiger partial charge in [0.2, 0.25) is 11.9 Å². The van der Waals surface area contributed by atoms with Gasteiger partial charge < -0.3 is 9.80 Å². The number of carbonyl (C=O) groups excluding carboxylic acids is 1. The lowest BCUT2D eigenvalue weighted by atomic mass is 10.1. The van der Waals surface area contributed by atoms with Crippen LogP contribution in [0.25, 0.3) is 0 Å². The van der Waals surface area contributed by atoms with E-state index in [-0.39, 0.29) is 5.91 Å². The summed E-state index contributed by atoms with van der Waals surface area (Å²) in [6, 6.07) is 7.97. The first-order valence-corrected chi connectivity index (χ1v) is 9.84. The Morgan fingerprint density at radius 3 is 2.77 bits per heavy atom. The highest BCUT2D eigenvalue weighted by atomic mass is 32.1. The molecule has 0 spiro atoms. The maximum absolute atomic E-state index is 12.4. The zero-order valence-electron chi connectivity index (χ0n) is 15.0. The predicted octanol–water partition coefficient (Wildman–Crippen LogP) is 2.78. The number of thiophene rings is 1. The summed E-state index contributed by atoms with van der Waals surface area (Å²) >= 11 is 1.78. The average Bonchev–Trinajstić information content (AvgIpc) is 3.18. The van der Waals surface area contributed by atoms with Gasteiger partial charge in [0.25, 0.3) is 0 Å². The number of anilines is 1. The van der Waals surface area contributed by atoms with Crippen LogP contribution in [-0.4, -0.2) is 47.0 Å². The molecule has 0 unspecified atom stereocenters. The fraction of sp³-hybridized carbons (Fsp3) is 0.474. The zero-order valence-corrected chi connectivity index (χ0v) is 15.8. The molecule has 1 saturated heterocycles. The van der Waals surface area contributed by atoms with Gasteiger partial charge in [0.05, 0.1) is 0 Å². The SMILES string of the molecule is Cc1cc(C#N)nc(N2CCN(C(=O)CCCCc3cccs3)CC2)n1. The molecule has 6 nitrogen and oxygen atoms in total. The van der Waals surface area contributed by atoms with Gasteiger partial charge in [0.1, 0.15) is 11.8 Å². The summed E-state index contributed by atoms with van der Waals surface area (Å²) in [6.45, 7) is 4.64. The van der Waals surface area contributed by atoms with Crippen molar-refractivity contribution in [2.75, 3.05) is 31.1 Å². The molecule has 0 bridgehead atoms. The van der Waals surface area contributed by atoms with Crippen LogP contribution in [0.1, 0.15) is 35.5 Å². The summed E-state index contributed by atoms with van der Waals surface area (Å²) < 4.78 is 0. The van der Waals surface area contributed by atoms with E-state index in [1.807, 2.05) is 11.8 Å². The van der Waals surface area contributed by atoms with Crippen molar-refractivity contribution in [3.05, 3.63) is 39.8 Å². The van der Waals surface area contributed by atoms with E-state index in [4.69, 9.17) is 5.26 Å². The topological polar surface area (TPSA) is 73.1 Å². The Morgan fingerprint density at radius 2 is 2.08 bits per heavy atom. The van der Waals surface area contributed by atoms with Gasteiger partial charge in [-0.2, -0.15) is 5.26 Å². The summed E-state index contributed by atoms with van der Waals surface area (Å²) in [7, 11) is 0. The van der Waals surface area contributed by atoms with Crippen LogP contribution in [0, 0.1) is 18.3 Å². The highest BCUT2D eigenvalue weighted by molar-refractivity contribution is 7.09. The van der Waals surface area contributed by atoms with E-state index in [0.29, 0.717) is 44.2 Å². The molecule has 0 saturated carbocycles. The van der Waals surface area contributed by atoms with E-state index < -0.39 is 0 Å². The quantitative estimate of drug-likeness (QED) is 0.732. The summed E-state index contributed by atoms with van der Waals surface area (Å²) in [5, 5.41) is 11.1. The van der Waals surface area contributed by atoms with Crippen LogP contribution in [0.3, 0.4) is 0 Å². The minimum atomic E-state index is 0.235. The molecule has 0 atom stereocenters. The van der Waals surface area contributed by atoms with Crippen molar-refractivity contribution in [2.24, 2.45) is 0 Å². The second-order valence-corrected chi connectivity index (χ2v) is 7.49. The van der Waals surface area contributed by atoms with Gasteiger partial charge in [-0.05, 0) is 43.7 Å². The Kier molecular flexibility index (Phi) is 6.18. The number of aromatic nitrogens is 2. The number of nitriles is 1. The van der Waals surface area contributed by atoms with E-state index >= 15 is 0 Å². The number of amides is 1. The fourth-order valence-electron chi connectivity index (χ4n) is 3.10. The molecule has 0 N–H and O–H groups in total. The molecule has 0 aliphatic carbocycles. The molecular weight excluding hydrogens is 346 g/mol. The Hall–Kier alpha value is -2.46. The van der Waals surface area contributed by atoms with Gasteiger partial charge in [0.15, 0.2) is 0 Å². The number of unbranched alkanes of at least 4 members (excludes halogenated alkanes) is 1. The summed E-state index contributed by atoms with van der Waals surface area (Å²) in [4.78, 5) is 26.5. The molecular formula is C19H23N5OS. The maximum Gasteiger partial charge on any atom is 0.226 e. The summed E-state index contributed by atoms with van der Waals surface area (Å²) in [6.07, 6.45) is 3.67. The third-order valence-electron chi connectivity index (χ3n) is 4.52. The molecule has 1 fully saturated rings. The van der Waals surface area contributed by atoms with Gasteiger partial charge in [-0.15, -0.1) is 11.3 Å². The molecule has 3 rings (SSSR count). The van der Waals surface area contributed by atoms with Gasteiger partial charge in [0, 0.05) is 43.2 Å². The smallest absolute Gasteiger partial charge is 0.226 e.